The quantitative estimate of drug-likeness (QED) is 0.547. The van der Waals surface area contributed by atoms with E-state index in [-0.39, 0.29) is 12.6 Å². The van der Waals surface area contributed by atoms with Crippen molar-refractivity contribution in [1.29, 1.82) is 0 Å². The fraction of sp³-hybridized carbons (Fsp3) is 0.261. The number of nitrogens with one attached hydrogen (secondary N) is 2. The monoisotopic (exact) mass is 452 g/mol. The van der Waals surface area contributed by atoms with E-state index in [2.05, 4.69) is 15.7 Å². The number of anilines is 1. The highest BCUT2D eigenvalue weighted by molar-refractivity contribution is 5.91. The molecule has 1 aromatic heterocycles. The van der Waals surface area contributed by atoms with Crippen LogP contribution in [0.5, 0.6) is 5.75 Å². The first kappa shape index (κ1) is 22.2. The molecule has 0 aliphatic carbocycles. The Morgan fingerprint density at radius 1 is 1.21 bits per heavy atom. The lowest BCUT2D eigenvalue weighted by atomic mass is 10.1. The molecule has 3 aromatic rings. The van der Waals surface area contributed by atoms with E-state index >= 15 is 0 Å². The lowest BCUT2D eigenvalue weighted by Gasteiger charge is -2.24. The van der Waals surface area contributed by atoms with Gasteiger partial charge >= 0.3 is 12.1 Å². The Kier molecular flexibility index (Phi) is 7.06. The van der Waals surface area contributed by atoms with Crippen molar-refractivity contribution in [1.82, 2.24) is 15.4 Å². The maximum absolute atomic E-state index is 12.7. The highest BCUT2D eigenvalue weighted by Crippen LogP contribution is 2.32. The van der Waals surface area contributed by atoms with Crippen LogP contribution >= 0.6 is 0 Å². The molecule has 1 atom stereocenters. The van der Waals surface area contributed by atoms with Gasteiger partial charge in [0, 0.05) is 18.2 Å². The molecule has 2 aromatic carbocycles. The number of carbonyl (C=O) groups is 2. The van der Waals surface area contributed by atoms with Crippen molar-refractivity contribution in [2.45, 2.75) is 19.1 Å². The third kappa shape index (κ3) is 5.80. The van der Waals surface area contributed by atoms with Gasteiger partial charge in [-0.25, -0.2) is 25.0 Å². The van der Waals surface area contributed by atoms with E-state index in [1.54, 1.807) is 24.4 Å². The summed E-state index contributed by atoms with van der Waals surface area (Å²) in [6, 6.07) is 13.8. The molecule has 1 fully saturated rings. The van der Waals surface area contributed by atoms with Crippen LogP contribution in [0.25, 0.3) is 11.3 Å². The summed E-state index contributed by atoms with van der Waals surface area (Å²) in [5.41, 5.74) is 4.55. The van der Waals surface area contributed by atoms with Crippen molar-refractivity contribution < 1.29 is 28.2 Å². The van der Waals surface area contributed by atoms with Crippen LogP contribution in [0, 0.1) is 0 Å². The molecule has 3 amide bonds. The highest BCUT2D eigenvalue weighted by atomic mass is 16.6. The predicted octanol–water partition coefficient (Wildman–Crippen LogP) is 3.81. The average molecular weight is 452 g/mol. The first-order chi connectivity index (χ1) is 16.1. The number of benzene rings is 2. The summed E-state index contributed by atoms with van der Waals surface area (Å²) >= 11 is 0. The molecule has 1 aliphatic heterocycles. The first-order valence-corrected chi connectivity index (χ1v) is 10.4. The normalized spacial score (nSPS) is 15.0. The summed E-state index contributed by atoms with van der Waals surface area (Å²) < 4.78 is 21.5. The number of ether oxygens (including phenoxy) is 3. The molecule has 0 saturated carbocycles. The maximum atomic E-state index is 12.7. The number of hydrogen-bond donors (Lipinski definition) is 2. The molecule has 10 heteroatoms. The van der Waals surface area contributed by atoms with Gasteiger partial charge in [0.25, 0.3) is 0 Å². The number of urea groups is 1. The smallest absolute Gasteiger partial charge is 0.429 e. The summed E-state index contributed by atoms with van der Waals surface area (Å²) in [6.07, 6.45) is 2.51. The minimum Gasteiger partial charge on any atom is -0.496 e. The summed E-state index contributed by atoms with van der Waals surface area (Å²) in [4.78, 5) is 29.3. The second-order valence-electron chi connectivity index (χ2n) is 7.29. The molecule has 10 nitrogen and oxygen atoms in total. The number of aromatic nitrogens is 1. The molecular formula is C23H24N4O6. The van der Waals surface area contributed by atoms with Crippen LogP contribution in [0.15, 0.2) is 65.5 Å². The molecule has 172 valence electrons. The highest BCUT2D eigenvalue weighted by Gasteiger charge is 2.25. The van der Waals surface area contributed by atoms with Gasteiger partial charge in [0.2, 0.25) is 0 Å². The molecule has 33 heavy (non-hydrogen) atoms. The number of carbonyl (C=O) groups excluding carboxylic acids is 2. The number of amides is 3. The van der Waals surface area contributed by atoms with Gasteiger partial charge < -0.3 is 23.9 Å². The number of rotatable bonds is 6. The van der Waals surface area contributed by atoms with E-state index in [1.807, 2.05) is 30.3 Å². The van der Waals surface area contributed by atoms with Gasteiger partial charge in [0.05, 0.1) is 38.6 Å². The molecule has 1 aliphatic rings. The lowest BCUT2D eigenvalue weighted by Crippen LogP contribution is -2.48. The molecule has 0 spiro atoms. The topological polar surface area (TPSA) is 115 Å². The SMILES string of the molecule is COc1cc(NC(=O)NN(Cc2ccccc2)C(=O)O[C@H]2CCOC2)ccc1-c1cnco1. The predicted molar refractivity (Wildman–Crippen MR) is 118 cm³/mol. The third-order valence-electron chi connectivity index (χ3n) is 4.95. The number of methoxy groups -OCH3 is 1. The molecule has 0 bridgehead atoms. The van der Waals surface area contributed by atoms with E-state index in [4.69, 9.17) is 18.6 Å². The molecule has 2 N–H and O–H groups in total. The van der Waals surface area contributed by atoms with E-state index in [0.29, 0.717) is 42.4 Å². The Morgan fingerprint density at radius 3 is 2.76 bits per heavy atom. The fourth-order valence-electron chi connectivity index (χ4n) is 3.33. The van der Waals surface area contributed by atoms with Gasteiger partial charge in [-0.05, 0) is 17.7 Å². The van der Waals surface area contributed by atoms with E-state index in [1.165, 1.54) is 13.5 Å². The zero-order chi connectivity index (χ0) is 23.0. The average Bonchev–Trinajstić information content (AvgIpc) is 3.54. The van der Waals surface area contributed by atoms with Crippen LogP contribution in [0.4, 0.5) is 15.3 Å². The third-order valence-corrected chi connectivity index (χ3v) is 4.95. The fourth-order valence-corrected chi connectivity index (χ4v) is 3.33. The van der Waals surface area contributed by atoms with Crippen LogP contribution in [-0.2, 0) is 16.0 Å². The molecule has 1 saturated heterocycles. The van der Waals surface area contributed by atoms with Gasteiger partial charge in [0.1, 0.15) is 11.9 Å². The van der Waals surface area contributed by atoms with Crippen LogP contribution in [-0.4, -0.2) is 48.5 Å². The van der Waals surface area contributed by atoms with E-state index < -0.39 is 12.1 Å². The largest absolute Gasteiger partial charge is 0.496 e. The maximum Gasteiger partial charge on any atom is 0.429 e. The minimum absolute atomic E-state index is 0.133. The Labute approximate surface area is 190 Å². The van der Waals surface area contributed by atoms with Crippen molar-refractivity contribution >= 4 is 17.8 Å². The van der Waals surface area contributed by atoms with Crippen molar-refractivity contribution in [2.75, 3.05) is 25.6 Å². The molecule has 2 heterocycles. The standard InChI is InChI=1S/C23H24N4O6/c1-30-20-11-17(7-8-19(20)21-12-24-15-32-21)25-22(28)26-27(13-16-5-3-2-4-6-16)23(29)33-18-9-10-31-14-18/h2-8,11-12,15,18H,9-10,13-14H2,1H3,(H2,25,26,28)/t18-/m0/s1. The molecule has 0 unspecified atom stereocenters. The van der Waals surface area contributed by atoms with Gasteiger partial charge in [-0.1, -0.05) is 30.3 Å². The lowest BCUT2D eigenvalue weighted by molar-refractivity contribution is 0.0435. The summed E-state index contributed by atoms with van der Waals surface area (Å²) in [7, 11) is 1.52. The second kappa shape index (κ2) is 10.5. The summed E-state index contributed by atoms with van der Waals surface area (Å²) in [6.45, 7) is 1.01. The van der Waals surface area contributed by atoms with Gasteiger partial charge in [-0.15, -0.1) is 0 Å². The van der Waals surface area contributed by atoms with Gasteiger partial charge in [-0.2, -0.15) is 0 Å². The van der Waals surface area contributed by atoms with Crippen LogP contribution in [0.1, 0.15) is 12.0 Å². The van der Waals surface area contributed by atoms with Gasteiger partial charge in [0.15, 0.2) is 12.2 Å². The Balaban J connectivity index is 1.45. The molecular weight excluding hydrogens is 428 g/mol. The Bertz CT molecular complexity index is 1070. The van der Waals surface area contributed by atoms with E-state index in [0.717, 1.165) is 10.6 Å². The number of nitrogens with zero attached hydrogens (tertiary/aromatic N) is 2. The number of hydrogen-bond acceptors (Lipinski definition) is 7. The number of hydrazine groups is 1. The van der Waals surface area contributed by atoms with Crippen molar-refractivity contribution in [3.63, 3.8) is 0 Å². The van der Waals surface area contributed by atoms with Gasteiger partial charge in [-0.3, -0.25) is 0 Å². The zero-order valence-corrected chi connectivity index (χ0v) is 18.0. The van der Waals surface area contributed by atoms with Crippen LogP contribution in [0.3, 0.4) is 0 Å². The second-order valence-corrected chi connectivity index (χ2v) is 7.29. The Hall–Kier alpha value is -4.05. The molecule has 0 radical (unpaired) electrons. The van der Waals surface area contributed by atoms with Crippen molar-refractivity contribution in [3.05, 3.63) is 66.7 Å². The first-order valence-electron chi connectivity index (χ1n) is 10.4. The zero-order valence-electron chi connectivity index (χ0n) is 18.0. The van der Waals surface area contributed by atoms with Crippen molar-refractivity contribution in [2.24, 2.45) is 0 Å². The summed E-state index contributed by atoms with van der Waals surface area (Å²) in [5, 5.41) is 3.83. The van der Waals surface area contributed by atoms with Crippen LogP contribution in [0.2, 0.25) is 0 Å². The van der Waals surface area contributed by atoms with Crippen LogP contribution < -0.4 is 15.5 Å². The van der Waals surface area contributed by atoms with E-state index in [9.17, 15) is 9.59 Å². The molecule has 4 rings (SSSR count). The van der Waals surface area contributed by atoms with Crippen molar-refractivity contribution in [3.8, 4) is 17.1 Å². The summed E-state index contributed by atoms with van der Waals surface area (Å²) in [5.74, 6) is 1.03. The minimum atomic E-state index is -0.664. The number of oxazole rings is 1. The Morgan fingerprint density at radius 2 is 2.06 bits per heavy atom.